The van der Waals surface area contributed by atoms with Crippen LogP contribution in [0.5, 0.6) is 0 Å². The molecule has 0 aliphatic heterocycles. The van der Waals surface area contributed by atoms with Crippen LogP contribution in [0.25, 0.3) is 0 Å². The Morgan fingerprint density at radius 1 is 0.947 bits per heavy atom. The van der Waals surface area contributed by atoms with Crippen molar-refractivity contribution in [2.75, 3.05) is 0 Å². The fourth-order valence-corrected chi connectivity index (χ4v) is 2.76. The minimum absolute atomic E-state index is 0.00992. The van der Waals surface area contributed by atoms with Crippen LogP contribution in [0.1, 0.15) is 71.1 Å². The van der Waals surface area contributed by atoms with E-state index in [1.165, 1.54) is 32.1 Å². The van der Waals surface area contributed by atoms with Crippen LogP contribution in [0.2, 0.25) is 0 Å². The van der Waals surface area contributed by atoms with Gasteiger partial charge in [-0.1, -0.05) is 64.7 Å². The van der Waals surface area contributed by atoms with Gasteiger partial charge >= 0.3 is 5.97 Å². The molecule has 0 aromatic carbocycles. The summed E-state index contributed by atoms with van der Waals surface area (Å²) in [6, 6.07) is 0. The van der Waals surface area contributed by atoms with E-state index >= 15 is 0 Å². The van der Waals surface area contributed by atoms with Crippen molar-refractivity contribution in [3.63, 3.8) is 0 Å². The van der Waals surface area contributed by atoms with Gasteiger partial charge in [-0.3, -0.25) is 9.35 Å². The van der Waals surface area contributed by atoms with Gasteiger partial charge in [0, 0.05) is 0 Å². The van der Waals surface area contributed by atoms with E-state index in [4.69, 9.17) is 9.66 Å². The molecule has 0 rings (SSSR count). The van der Waals surface area contributed by atoms with E-state index in [-0.39, 0.29) is 6.42 Å². The Morgan fingerprint density at radius 2 is 1.37 bits per heavy atom. The van der Waals surface area contributed by atoms with Crippen LogP contribution in [0.4, 0.5) is 0 Å². The number of carbonyl (C=O) groups is 1. The van der Waals surface area contributed by atoms with Crippen LogP contribution >= 0.6 is 0 Å². The van der Waals surface area contributed by atoms with Crippen LogP contribution in [-0.2, 0) is 14.9 Å². The zero-order valence-corrected chi connectivity index (χ0v) is 12.5. The molecule has 114 valence electrons. The summed E-state index contributed by atoms with van der Waals surface area (Å²) >= 11 is 0. The van der Waals surface area contributed by atoms with Gasteiger partial charge in [-0.25, -0.2) is 0 Å². The zero-order valence-electron chi connectivity index (χ0n) is 11.7. The normalized spacial score (nSPS) is 13.4. The second-order valence-corrected chi connectivity index (χ2v) is 6.56. The molecule has 0 aliphatic rings. The van der Waals surface area contributed by atoms with Gasteiger partial charge in [0.2, 0.25) is 0 Å². The highest BCUT2D eigenvalue weighted by Crippen LogP contribution is 2.14. The lowest BCUT2D eigenvalue weighted by atomic mass is 10.1. The van der Waals surface area contributed by atoms with Gasteiger partial charge in [0.15, 0.2) is 5.25 Å². The summed E-state index contributed by atoms with van der Waals surface area (Å²) in [5, 5.41) is 7.02. The minimum Gasteiger partial charge on any atom is -0.480 e. The molecule has 0 fully saturated rings. The fourth-order valence-electron chi connectivity index (χ4n) is 2.04. The summed E-state index contributed by atoms with van der Waals surface area (Å²) in [7, 11) is -4.47. The van der Waals surface area contributed by atoms with Gasteiger partial charge < -0.3 is 5.11 Å². The third kappa shape index (κ3) is 9.90. The average molecular weight is 294 g/mol. The van der Waals surface area contributed by atoms with E-state index in [0.29, 0.717) is 6.42 Å². The smallest absolute Gasteiger partial charge is 0.324 e. The summed E-state index contributed by atoms with van der Waals surface area (Å²) in [4.78, 5) is 10.7. The number of aliphatic carboxylic acids is 1. The maximum Gasteiger partial charge on any atom is 0.324 e. The van der Waals surface area contributed by atoms with Gasteiger partial charge in [-0.15, -0.1) is 0 Å². The van der Waals surface area contributed by atoms with E-state index in [1.54, 1.807) is 0 Å². The van der Waals surface area contributed by atoms with Gasteiger partial charge in [0.05, 0.1) is 0 Å². The predicted octanol–water partition coefficient (Wildman–Crippen LogP) is 3.25. The Hall–Kier alpha value is -0.620. The van der Waals surface area contributed by atoms with Crippen molar-refractivity contribution in [3.05, 3.63) is 0 Å². The molecule has 0 radical (unpaired) electrons. The van der Waals surface area contributed by atoms with Crippen molar-refractivity contribution in [1.29, 1.82) is 0 Å². The summed E-state index contributed by atoms with van der Waals surface area (Å²) in [6.07, 6.45) is 9.60. The molecule has 1 unspecified atom stereocenters. The van der Waals surface area contributed by atoms with E-state index in [1.807, 2.05) is 0 Å². The first-order valence-electron chi connectivity index (χ1n) is 7.08. The van der Waals surface area contributed by atoms with Crippen molar-refractivity contribution >= 4 is 16.1 Å². The molecule has 0 heterocycles. The van der Waals surface area contributed by atoms with E-state index in [2.05, 4.69) is 6.92 Å². The fraction of sp³-hybridized carbons (Fsp3) is 0.923. The van der Waals surface area contributed by atoms with Crippen molar-refractivity contribution < 1.29 is 22.9 Å². The number of hydrogen-bond acceptors (Lipinski definition) is 3. The predicted molar refractivity (Wildman–Crippen MR) is 74.8 cm³/mol. The molecule has 5 nitrogen and oxygen atoms in total. The zero-order chi connectivity index (χ0) is 14.7. The molecule has 0 aromatic rings. The van der Waals surface area contributed by atoms with Crippen LogP contribution in [0.15, 0.2) is 0 Å². The van der Waals surface area contributed by atoms with Crippen LogP contribution in [0, 0.1) is 0 Å². The third-order valence-electron chi connectivity index (χ3n) is 3.20. The van der Waals surface area contributed by atoms with Gasteiger partial charge in [-0.2, -0.15) is 8.42 Å². The molecular weight excluding hydrogens is 268 g/mol. The molecule has 0 aromatic heterocycles. The summed E-state index contributed by atoms with van der Waals surface area (Å²) < 4.78 is 30.4. The minimum atomic E-state index is -4.47. The monoisotopic (exact) mass is 294 g/mol. The molecule has 1 atom stereocenters. The molecule has 0 aliphatic carbocycles. The maximum absolute atomic E-state index is 10.8. The van der Waals surface area contributed by atoms with Crippen molar-refractivity contribution in [1.82, 2.24) is 0 Å². The first-order chi connectivity index (χ1) is 8.89. The van der Waals surface area contributed by atoms with E-state index in [0.717, 1.165) is 19.3 Å². The first kappa shape index (κ1) is 18.4. The number of rotatable bonds is 12. The highest BCUT2D eigenvalue weighted by Gasteiger charge is 2.29. The maximum atomic E-state index is 10.8. The SMILES string of the molecule is CCCCCCCCCCCC(C(=O)O)S(=O)(=O)O. The van der Waals surface area contributed by atoms with E-state index < -0.39 is 21.3 Å². The average Bonchev–Trinajstić information content (AvgIpc) is 2.29. The molecule has 6 heteroatoms. The lowest BCUT2D eigenvalue weighted by Gasteiger charge is -2.08. The van der Waals surface area contributed by atoms with Gasteiger partial charge in [0.1, 0.15) is 0 Å². The summed E-state index contributed by atoms with van der Waals surface area (Å²) in [5.74, 6) is -1.47. The highest BCUT2D eigenvalue weighted by atomic mass is 32.2. The molecule has 0 bridgehead atoms. The number of carboxylic acid groups (broad SMARTS) is 1. The number of hydrogen-bond donors (Lipinski definition) is 2. The Morgan fingerprint density at radius 3 is 1.74 bits per heavy atom. The third-order valence-corrected chi connectivity index (χ3v) is 4.36. The summed E-state index contributed by atoms with van der Waals surface area (Å²) in [5.41, 5.74) is 0. The Balaban J connectivity index is 3.60. The van der Waals surface area contributed by atoms with Gasteiger partial charge in [0.25, 0.3) is 10.1 Å². The highest BCUT2D eigenvalue weighted by molar-refractivity contribution is 7.87. The van der Waals surface area contributed by atoms with Crippen LogP contribution in [0.3, 0.4) is 0 Å². The van der Waals surface area contributed by atoms with Crippen molar-refractivity contribution in [2.45, 2.75) is 76.4 Å². The van der Waals surface area contributed by atoms with E-state index in [9.17, 15) is 13.2 Å². The number of unbranched alkanes of at least 4 members (excludes halogenated alkanes) is 8. The second-order valence-electron chi connectivity index (χ2n) is 4.96. The molecule has 0 saturated heterocycles. The Bertz CT molecular complexity index is 337. The second kappa shape index (κ2) is 10.2. The Labute approximate surface area is 116 Å². The van der Waals surface area contributed by atoms with Crippen LogP contribution < -0.4 is 0 Å². The van der Waals surface area contributed by atoms with Gasteiger partial charge in [-0.05, 0) is 6.42 Å². The first-order valence-corrected chi connectivity index (χ1v) is 8.59. The summed E-state index contributed by atoms with van der Waals surface area (Å²) in [6.45, 7) is 2.17. The molecule has 0 saturated carbocycles. The Kier molecular flexibility index (Phi) is 9.87. The molecule has 0 spiro atoms. The molecule has 19 heavy (non-hydrogen) atoms. The molecule has 0 amide bonds. The standard InChI is InChI=1S/C13H26O5S/c1-2-3-4-5-6-7-8-9-10-11-12(13(14)15)19(16,17)18/h12H,2-11H2,1H3,(H,14,15)(H,16,17,18). The number of carboxylic acids is 1. The lowest BCUT2D eigenvalue weighted by molar-refractivity contribution is -0.136. The lowest BCUT2D eigenvalue weighted by Crippen LogP contribution is -2.29. The van der Waals surface area contributed by atoms with Crippen molar-refractivity contribution in [2.24, 2.45) is 0 Å². The molecular formula is C13H26O5S. The van der Waals surface area contributed by atoms with Crippen molar-refractivity contribution in [3.8, 4) is 0 Å². The van der Waals surface area contributed by atoms with Crippen LogP contribution in [-0.4, -0.2) is 29.3 Å². The largest absolute Gasteiger partial charge is 0.480 e. The quantitative estimate of drug-likeness (QED) is 0.426. The topological polar surface area (TPSA) is 91.7 Å². The molecule has 2 N–H and O–H groups in total.